The largest absolute Gasteiger partial charge is 2.00 e. The molecule has 2 unspecified atom stereocenters. The van der Waals surface area contributed by atoms with Crippen molar-refractivity contribution in [3.8, 4) is 11.5 Å². The minimum atomic E-state index is -1.08. The average Bonchev–Trinajstić information content (AvgIpc) is 2.92. The predicted molar refractivity (Wildman–Crippen MR) is 166 cm³/mol. The van der Waals surface area contributed by atoms with Crippen LogP contribution in [0.4, 0.5) is 0 Å². The van der Waals surface area contributed by atoms with Gasteiger partial charge in [-0.25, -0.2) is 0 Å². The molecule has 239 valence electrons. The van der Waals surface area contributed by atoms with Crippen molar-refractivity contribution in [2.75, 3.05) is 0 Å². The summed E-state index contributed by atoms with van der Waals surface area (Å²) in [5.74, 6) is -1.52. The van der Waals surface area contributed by atoms with Crippen molar-refractivity contribution < 1.29 is 46.8 Å². The molecule has 2 aromatic rings. The molecule has 0 spiro atoms. The van der Waals surface area contributed by atoms with Gasteiger partial charge in [-0.05, 0) is 101 Å². The van der Waals surface area contributed by atoms with E-state index in [9.17, 15) is 10.2 Å². The Labute approximate surface area is 267 Å². The Morgan fingerprint density at radius 3 is 1.40 bits per heavy atom. The number of aliphatic carboxylic acids is 2. The average molecular weight is 640 g/mol. The molecule has 2 N–H and O–H groups in total. The van der Waals surface area contributed by atoms with Crippen molar-refractivity contribution in [2.45, 2.75) is 118 Å². The maximum absolute atomic E-state index is 10.6. The molecule has 3 rings (SSSR count). The molecule has 0 heterocycles. The van der Waals surface area contributed by atoms with Crippen LogP contribution in [0.5, 0.6) is 11.5 Å². The Morgan fingerprint density at radius 1 is 0.767 bits per heavy atom. The first-order valence-corrected chi connectivity index (χ1v) is 15.0. The number of carboxylic acids is 2. The van der Waals surface area contributed by atoms with E-state index in [2.05, 4.69) is 38.1 Å². The minimum absolute atomic E-state index is 0. The zero-order chi connectivity index (χ0) is 31.7. The van der Waals surface area contributed by atoms with Gasteiger partial charge in [-0.3, -0.25) is 9.98 Å². The van der Waals surface area contributed by atoms with Crippen molar-refractivity contribution in [3.63, 3.8) is 0 Å². The first kappa shape index (κ1) is 39.8. The second-order valence-electron chi connectivity index (χ2n) is 10.9. The van der Waals surface area contributed by atoms with E-state index < -0.39 is 11.9 Å². The van der Waals surface area contributed by atoms with E-state index >= 15 is 0 Å². The van der Waals surface area contributed by atoms with E-state index in [1.165, 1.54) is 11.1 Å². The Kier molecular flexibility index (Phi) is 19.9. The number of rotatable bonds is 10. The zero-order valence-corrected chi connectivity index (χ0v) is 27.5. The van der Waals surface area contributed by atoms with Gasteiger partial charge in [0.25, 0.3) is 0 Å². The van der Waals surface area contributed by atoms with Crippen LogP contribution in [-0.4, -0.2) is 46.7 Å². The van der Waals surface area contributed by atoms with Gasteiger partial charge in [-0.2, -0.15) is 0 Å². The van der Waals surface area contributed by atoms with Gasteiger partial charge in [0, 0.05) is 35.5 Å². The summed E-state index contributed by atoms with van der Waals surface area (Å²) in [5.41, 5.74) is 5.92. The van der Waals surface area contributed by atoms with Gasteiger partial charge in [0.15, 0.2) is 0 Å². The fraction of sp³-hybridized carbons (Fsp3) is 0.529. The third-order valence-electron chi connectivity index (χ3n) is 6.92. The molecular weight excluding hydrogens is 591 g/mol. The fourth-order valence-electron chi connectivity index (χ4n) is 4.81. The summed E-state index contributed by atoms with van der Waals surface area (Å²) in [6, 6.07) is 8.50. The normalized spacial score (nSPS) is 16.0. The summed E-state index contributed by atoms with van der Waals surface area (Å²) in [7, 11) is 0. The number of hydrogen-bond acceptors (Lipinski definition) is 8. The second kappa shape index (κ2) is 21.5. The summed E-state index contributed by atoms with van der Waals surface area (Å²) in [6.07, 6.45) is 14.6. The van der Waals surface area contributed by atoms with Gasteiger partial charge in [0.2, 0.25) is 0 Å². The molecule has 1 aliphatic carbocycles. The van der Waals surface area contributed by atoms with Crippen LogP contribution in [-0.2, 0) is 39.2 Å². The summed E-state index contributed by atoms with van der Waals surface area (Å²) in [4.78, 5) is 27.6. The standard InChI is InChI=1S/C30H42N2O2.2C2H4O2.Co/c1-5-7-11-23-15-21(3)29(33)25(17-23)19-31-27-13-9-10-14-28(27)32-20-26-18-24(12-8-6-2)16-22(4)30(26)34;2*1-2(3)4;/h15-20,27-28,33-34H,5-14H2,1-4H3;2*1H3,(H,3,4);/q;;;+2/p-2. The molecule has 1 saturated carbocycles. The molecule has 1 radical (unpaired) electrons. The number of carboxylic acid groups (broad SMARTS) is 2. The summed E-state index contributed by atoms with van der Waals surface area (Å²) in [5, 5.41) is 39.0. The minimum Gasteiger partial charge on any atom is -0.550 e. The molecule has 1 fully saturated rings. The Hall–Kier alpha value is -3.17. The monoisotopic (exact) mass is 639 g/mol. The van der Waals surface area contributed by atoms with Crippen LogP contribution < -0.4 is 10.2 Å². The molecule has 0 saturated heterocycles. The Bertz CT molecular complexity index is 1110. The van der Waals surface area contributed by atoms with Gasteiger partial charge in [-0.1, -0.05) is 51.7 Å². The zero-order valence-electron chi connectivity index (χ0n) is 26.4. The molecular formula is C34H48CoN2O6. The van der Waals surface area contributed by atoms with Gasteiger partial charge in [-0.15, -0.1) is 0 Å². The van der Waals surface area contributed by atoms with Crippen LogP contribution in [0.3, 0.4) is 0 Å². The molecule has 0 bridgehead atoms. The van der Waals surface area contributed by atoms with Gasteiger partial charge < -0.3 is 30.0 Å². The van der Waals surface area contributed by atoms with E-state index in [0.29, 0.717) is 11.5 Å². The number of aliphatic imine (C=N–C) groups is 2. The second-order valence-corrected chi connectivity index (χ2v) is 10.9. The van der Waals surface area contributed by atoms with Gasteiger partial charge >= 0.3 is 16.8 Å². The molecule has 2 atom stereocenters. The Morgan fingerprint density at radius 2 is 1.09 bits per heavy atom. The van der Waals surface area contributed by atoms with Crippen LogP contribution in [0.2, 0.25) is 0 Å². The molecule has 43 heavy (non-hydrogen) atoms. The molecule has 0 aliphatic heterocycles. The van der Waals surface area contributed by atoms with Crippen molar-refractivity contribution in [2.24, 2.45) is 9.98 Å². The molecule has 2 aromatic carbocycles. The molecule has 1 aliphatic rings. The topological polar surface area (TPSA) is 145 Å². The van der Waals surface area contributed by atoms with Crippen LogP contribution >= 0.6 is 0 Å². The maximum Gasteiger partial charge on any atom is 2.00 e. The van der Waals surface area contributed by atoms with Crippen LogP contribution in [0.15, 0.2) is 34.3 Å². The summed E-state index contributed by atoms with van der Waals surface area (Å²) < 4.78 is 0. The van der Waals surface area contributed by atoms with Crippen molar-refractivity contribution >= 4 is 24.4 Å². The third-order valence-corrected chi connectivity index (χ3v) is 6.92. The van der Waals surface area contributed by atoms with Crippen LogP contribution in [0, 0.1) is 13.8 Å². The number of carbonyl (C=O) groups excluding carboxylic acids is 2. The third kappa shape index (κ3) is 15.7. The number of aromatic hydroxyl groups is 2. The quantitative estimate of drug-likeness (QED) is 0.359. The number of unbranched alkanes of at least 4 members (excludes halogenated alkanes) is 2. The van der Waals surface area contributed by atoms with Crippen molar-refractivity contribution in [1.82, 2.24) is 0 Å². The first-order chi connectivity index (χ1) is 19.9. The SMILES string of the molecule is CC(=O)[O-].CC(=O)[O-].CCCCc1cc(C)c(O)c(C=NC2CCCCC2N=Cc2cc(CCCC)cc(C)c2O)c1.[Co+2]. The number of carbonyl (C=O) groups is 2. The van der Waals surface area contributed by atoms with Crippen molar-refractivity contribution in [3.05, 3.63) is 57.6 Å². The van der Waals surface area contributed by atoms with E-state index in [0.717, 1.165) is 100 Å². The Balaban J connectivity index is 0.00000174. The molecule has 8 nitrogen and oxygen atoms in total. The number of hydrogen-bond donors (Lipinski definition) is 2. The van der Waals surface area contributed by atoms with E-state index in [1.807, 2.05) is 26.3 Å². The van der Waals surface area contributed by atoms with Gasteiger partial charge in [0.05, 0.1) is 12.1 Å². The number of phenolic OH excluding ortho intramolecular Hbond substituents is 2. The summed E-state index contributed by atoms with van der Waals surface area (Å²) in [6.45, 7) is 10.3. The molecule has 0 amide bonds. The number of phenols is 2. The van der Waals surface area contributed by atoms with E-state index in [1.54, 1.807) is 0 Å². The summed E-state index contributed by atoms with van der Waals surface area (Å²) >= 11 is 0. The number of nitrogens with zero attached hydrogens (tertiary/aromatic N) is 2. The maximum atomic E-state index is 10.6. The molecule has 0 aromatic heterocycles. The van der Waals surface area contributed by atoms with E-state index in [-0.39, 0.29) is 28.9 Å². The number of aryl methyl sites for hydroxylation is 4. The van der Waals surface area contributed by atoms with E-state index in [4.69, 9.17) is 29.8 Å². The predicted octanol–water partition coefficient (Wildman–Crippen LogP) is 4.76. The number of benzene rings is 2. The van der Waals surface area contributed by atoms with Crippen LogP contribution in [0.25, 0.3) is 0 Å². The van der Waals surface area contributed by atoms with Crippen molar-refractivity contribution in [1.29, 1.82) is 0 Å². The first-order valence-electron chi connectivity index (χ1n) is 15.0. The molecule has 9 heteroatoms. The fourth-order valence-corrected chi connectivity index (χ4v) is 4.81. The smallest absolute Gasteiger partial charge is 0.550 e. The van der Waals surface area contributed by atoms with Gasteiger partial charge in [0.1, 0.15) is 11.5 Å². The van der Waals surface area contributed by atoms with Crippen LogP contribution in [0.1, 0.15) is 112 Å².